The summed E-state index contributed by atoms with van der Waals surface area (Å²) in [5.41, 5.74) is 4.37. The van der Waals surface area contributed by atoms with E-state index in [1.54, 1.807) is 12.1 Å². The summed E-state index contributed by atoms with van der Waals surface area (Å²) in [7, 11) is 0. The highest BCUT2D eigenvalue weighted by Crippen LogP contribution is 2.24. The zero-order valence-corrected chi connectivity index (χ0v) is 18.0. The van der Waals surface area contributed by atoms with Crippen molar-refractivity contribution in [1.29, 1.82) is 0 Å². The predicted molar refractivity (Wildman–Crippen MR) is 126 cm³/mol. The predicted octanol–water partition coefficient (Wildman–Crippen LogP) is 4.72. The van der Waals surface area contributed by atoms with E-state index >= 15 is 0 Å². The number of hydrogen-bond acceptors (Lipinski definition) is 2. The van der Waals surface area contributed by atoms with E-state index in [9.17, 15) is 9.18 Å². The Morgan fingerprint density at radius 1 is 0.812 bits per heavy atom. The van der Waals surface area contributed by atoms with Gasteiger partial charge in [0.25, 0.3) is 0 Å². The Hall–Kier alpha value is -3.60. The standard InChI is InChI=1S/C27H26FN3O/c28-23-12-10-21(11-13-23)19-31-20-22(25-8-4-5-9-26(25)31)18-27(32)30-16-14-29(15-17-30)24-6-2-1-3-7-24/h1-13,20H,14-19H2. The Morgan fingerprint density at radius 3 is 2.25 bits per heavy atom. The number of fused-ring (bicyclic) bond motifs is 1. The topological polar surface area (TPSA) is 28.5 Å². The molecule has 0 spiro atoms. The van der Waals surface area contributed by atoms with Gasteiger partial charge in [-0.15, -0.1) is 0 Å². The molecule has 0 atom stereocenters. The van der Waals surface area contributed by atoms with Crippen molar-refractivity contribution in [3.8, 4) is 0 Å². The van der Waals surface area contributed by atoms with Gasteiger partial charge in [-0.25, -0.2) is 4.39 Å². The quantitative estimate of drug-likeness (QED) is 0.461. The number of nitrogens with zero attached hydrogens (tertiary/aromatic N) is 3. The lowest BCUT2D eigenvalue weighted by atomic mass is 10.1. The number of amides is 1. The van der Waals surface area contributed by atoms with Gasteiger partial charge in [0.05, 0.1) is 6.42 Å². The van der Waals surface area contributed by atoms with Crippen LogP contribution >= 0.6 is 0 Å². The molecule has 1 amide bonds. The van der Waals surface area contributed by atoms with Crippen LogP contribution in [0.1, 0.15) is 11.1 Å². The van der Waals surface area contributed by atoms with Gasteiger partial charge in [0, 0.05) is 55.5 Å². The van der Waals surface area contributed by atoms with Crippen LogP contribution in [-0.4, -0.2) is 41.6 Å². The number of para-hydroxylation sites is 2. The summed E-state index contributed by atoms with van der Waals surface area (Å²) < 4.78 is 15.4. The summed E-state index contributed by atoms with van der Waals surface area (Å²) in [6.45, 7) is 3.82. The molecule has 1 fully saturated rings. The molecule has 4 aromatic rings. The fourth-order valence-corrected chi connectivity index (χ4v) is 4.51. The van der Waals surface area contributed by atoms with Crippen LogP contribution in [0.25, 0.3) is 10.9 Å². The Morgan fingerprint density at radius 2 is 1.50 bits per heavy atom. The molecule has 0 bridgehead atoms. The molecule has 3 aromatic carbocycles. The number of benzene rings is 3. The molecule has 4 nitrogen and oxygen atoms in total. The molecule has 1 aromatic heterocycles. The fourth-order valence-electron chi connectivity index (χ4n) is 4.51. The van der Waals surface area contributed by atoms with Crippen LogP contribution < -0.4 is 4.90 Å². The average molecular weight is 428 g/mol. The molecule has 0 aliphatic carbocycles. The van der Waals surface area contributed by atoms with E-state index in [1.807, 2.05) is 23.1 Å². The number of carbonyl (C=O) groups is 1. The summed E-state index contributed by atoms with van der Waals surface area (Å²) >= 11 is 0. The maximum absolute atomic E-state index is 13.3. The van der Waals surface area contributed by atoms with Crippen LogP contribution in [0.15, 0.2) is 85.1 Å². The lowest BCUT2D eigenvalue weighted by Crippen LogP contribution is -2.49. The highest BCUT2D eigenvalue weighted by Gasteiger charge is 2.22. The smallest absolute Gasteiger partial charge is 0.227 e. The molecular weight excluding hydrogens is 401 g/mol. The van der Waals surface area contributed by atoms with Crippen LogP contribution in [0.5, 0.6) is 0 Å². The number of piperazine rings is 1. The van der Waals surface area contributed by atoms with E-state index in [2.05, 4.69) is 52.1 Å². The summed E-state index contributed by atoms with van der Waals surface area (Å²) in [6.07, 6.45) is 2.47. The fraction of sp³-hybridized carbons (Fsp3) is 0.222. The molecule has 0 unspecified atom stereocenters. The van der Waals surface area contributed by atoms with Gasteiger partial charge >= 0.3 is 0 Å². The first-order valence-electron chi connectivity index (χ1n) is 11.1. The van der Waals surface area contributed by atoms with E-state index in [0.717, 1.165) is 48.2 Å². The Bertz CT molecular complexity index is 1210. The summed E-state index contributed by atoms with van der Waals surface area (Å²) in [6, 6.07) is 25.1. The van der Waals surface area contributed by atoms with Gasteiger partial charge in [-0.05, 0) is 41.5 Å². The largest absolute Gasteiger partial charge is 0.368 e. The van der Waals surface area contributed by atoms with E-state index in [0.29, 0.717) is 13.0 Å². The number of hydrogen-bond donors (Lipinski definition) is 0. The molecular formula is C27H26FN3O. The van der Waals surface area contributed by atoms with Crippen molar-refractivity contribution in [3.63, 3.8) is 0 Å². The van der Waals surface area contributed by atoms with E-state index < -0.39 is 0 Å². The van der Waals surface area contributed by atoms with Crippen molar-refractivity contribution >= 4 is 22.5 Å². The number of rotatable bonds is 5. The van der Waals surface area contributed by atoms with Crippen LogP contribution in [0.2, 0.25) is 0 Å². The third kappa shape index (κ3) is 4.24. The zero-order chi connectivity index (χ0) is 21.9. The molecule has 5 rings (SSSR count). The van der Waals surface area contributed by atoms with Crippen molar-refractivity contribution in [1.82, 2.24) is 9.47 Å². The zero-order valence-electron chi connectivity index (χ0n) is 18.0. The molecule has 0 radical (unpaired) electrons. The minimum Gasteiger partial charge on any atom is -0.368 e. The van der Waals surface area contributed by atoms with Gasteiger partial charge in [-0.1, -0.05) is 48.5 Å². The second-order valence-corrected chi connectivity index (χ2v) is 8.31. The Kier molecular flexibility index (Phi) is 5.63. The lowest BCUT2D eigenvalue weighted by Gasteiger charge is -2.36. The highest BCUT2D eigenvalue weighted by atomic mass is 19.1. The van der Waals surface area contributed by atoms with E-state index in [4.69, 9.17) is 0 Å². The average Bonchev–Trinajstić information content (AvgIpc) is 3.18. The van der Waals surface area contributed by atoms with Crippen molar-refractivity contribution in [3.05, 3.63) is 102 Å². The molecule has 1 saturated heterocycles. The molecule has 1 aliphatic rings. The first-order chi connectivity index (χ1) is 15.7. The summed E-state index contributed by atoms with van der Waals surface area (Å²) in [5.74, 6) is -0.0628. The summed E-state index contributed by atoms with van der Waals surface area (Å²) in [4.78, 5) is 17.4. The van der Waals surface area contributed by atoms with Gasteiger partial charge < -0.3 is 14.4 Å². The molecule has 32 heavy (non-hydrogen) atoms. The van der Waals surface area contributed by atoms with Crippen molar-refractivity contribution in [2.24, 2.45) is 0 Å². The monoisotopic (exact) mass is 427 g/mol. The minimum absolute atomic E-state index is 0.169. The van der Waals surface area contributed by atoms with Gasteiger partial charge in [0.15, 0.2) is 0 Å². The number of anilines is 1. The molecule has 5 heteroatoms. The molecule has 0 saturated carbocycles. The van der Waals surface area contributed by atoms with Crippen LogP contribution in [0.4, 0.5) is 10.1 Å². The first kappa shape index (κ1) is 20.3. The molecule has 0 N–H and O–H groups in total. The lowest BCUT2D eigenvalue weighted by molar-refractivity contribution is -0.130. The number of carbonyl (C=O) groups excluding carboxylic acids is 1. The van der Waals surface area contributed by atoms with Crippen LogP contribution in [-0.2, 0) is 17.8 Å². The second-order valence-electron chi connectivity index (χ2n) is 8.31. The minimum atomic E-state index is -0.232. The molecule has 1 aliphatic heterocycles. The van der Waals surface area contributed by atoms with Gasteiger partial charge in [0.1, 0.15) is 5.82 Å². The molecule has 162 valence electrons. The van der Waals surface area contributed by atoms with Crippen LogP contribution in [0, 0.1) is 5.82 Å². The third-order valence-corrected chi connectivity index (χ3v) is 6.23. The normalized spacial score (nSPS) is 14.2. The van der Waals surface area contributed by atoms with Crippen LogP contribution in [0.3, 0.4) is 0 Å². The van der Waals surface area contributed by atoms with Crippen molar-refractivity contribution < 1.29 is 9.18 Å². The van der Waals surface area contributed by atoms with Crippen molar-refractivity contribution in [2.45, 2.75) is 13.0 Å². The van der Waals surface area contributed by atoms with E-state index in [1.165, 1.54) is 17.8 Å². The number of aromatic nitrogens is 1. The Labute approximate surface area is 187 Å². The first-order valence-corrected chi connectivity index (χ1v) is 11.1. The van der Waals surface area contributed by atoms with E-state index in [-0.39, 0.29) is 11.7 Å². The summed E-state index contributed by atoms with van der Waals surface area (Å²) in [5, 5.41) is 1.10. The Balaban J connectivity index is 1.30. The van der Waals surface area contributed by atoms with Crippen molar-refractivity contribution in [2.75, 3.05) is 31.1 Å². The van der Waals surface area contributed by atoms with Gasteiger partial charge in [0.2, 0.25) is 5.91 Å². The number of halogens is 1. The van der Waals surface area contributed by atoms with Gasteiger partial charge in [-0.2, -0.15) is 0 Å². The third-order valence-electron chi connectivity index (χ3n) is 6.23. The van der Waals surface area contributed by atoms with Gasteiger partial charge in [-0.3, -0.25) is 4.79 Å². The SMILES string of the molecule is O=C(Cc1cn(Cc2ccc(F)cc2)c2ccccc12)N1CCN(c2ccccc2)CC1. The second kappa shape index (κ2) is 8.87. The highest BCUT2D eigenvalue weighted by molar-refractivity contribution is 5.89. The molecule has 2 heterocycles. The maximum atomic E-state index is 13.3. The maximum Gasteiger partial charge on any atom is 0.227 e.